The molecular weight excluding hydrogens is 279 g/mol. The molecule has 4 saturated carbocycles. The maximum Gasteiger partial charge on any atom is 0.191 e. The highest BCUT2D eigenvalue weighted by Gasteiger charge is 2.77. The molecule has 120 valence electrons. The highest BCUT2D eigenvalue weighted by molar-refractivity contribution is 5.95. The zero-order valence-electron chi connectivity index (χ0n) is 13.3. The Labute approximate surface area is 131 Å². The zero-order valence-corrected chi connectivity index (χ0v) is 13.3. The Morgan fingerprint density at radius 1 is 1.23 bits per heavy atom. The van der Waals surface area contributed by atoms with Crippen LogP contribution in [-0.2, 0) is 4.79 Å². The van der Waals surface area contributed by atoms with Crippen LogP contribution in [0.4, 0.5) is 4.39 Å². The normalized spacial score (nSPS) is 56.1. The molecule has 22 heavy (non-hydrogen) atoms. The molecule has 0 aromatic carbocycles. The minimum atomic E-state index is -0.390. The fourth-order valence-electron chi connectivity index (χ4n) is 7.45. The summed E-state index contributed by atoms with van der Waals surface area (Å²) in [5, 5.41) is 10.6. The smallest absolute Gasteiger partial charge is 0.191 e. The highest BCUT2D eigenvalue weighted by atomic mass is 19.1. The number of hydrogen-bond acceptors (Lipinski definition) is 2. The van der Waals surface area contributed by atoms with Crippen LogP contribution in [0.2, 0.25) is 0 Å². The molecule has 5 rings (SSSR count). The van der Waals surface area contributed by atoms with Gasteiger partial charge in [0.15, 0.2) is 11.6 Å². The Morgan fingerprint density at radius 3 is 2.86 bits per heavy atom. The van der Waals surface area contributed by atoms with Gasteiger partial charge < -0.3 is 5.11 Å². The summed E-state index contributed by atoms with van der Waals surface area (Å²) in [6.07, 6.45) is 7.43. The summed E-state index contributed by atoms with van der Waals surface area (Å²) >= 11 is 0. The third-order valence-corrected chi connectivity index (χ3v) is 8.53. The molecular formula is C19H25FO2. The van der Waals surface area contributed by atoms with Crippen LogP contribution in [0, 0.1) is 34.5 Å². The summed E-state index contributed by atoms with van der Waals surface area (Å²) in [6, 6.07) is 0. The third kappa shape index (κ3) is 1.35. The Hall–Kier alpha value is -0.700. The van der Waals surface area contributed by atoms with Gasteiger partial charge in [-0.05, 0) is 85.0 Å². The molecule has 5 aliphatic rings. The van der Waals surface area contributed by atoms with E-state index in [4.69, 9.17) is 0 Å². The molecule has 0 unspecified atom stereocenters. The number of carbonyl (C=O) groups excluding carboxylic acids is 1. The van der Waals surface area contributed by atoms with Crippen molar-refractivity contribution >= 4 is 5.78 Å². The second kappa shape index (κ2) is 4.03. The Kier molecular flexibility index (Phi) is 2.51. The van der Waals surface area contributed by atoms with Crippen molar-refractivity contribution in [2.24, 2.45) is 34.5 Å². The number of fused-ring (bicyclic) bond motifs is 3. The minimum absolute atomic E-state index is 0.100. The van der Waals surface area contributed by atoms with E-state index in [1.54, 1.807) is 0 Å². The van der Waals surface area contributed by atoms with Crippen LogP contribution in [-0.4, -0.2) is 17.0 Å². The van der Waals surface area contributed by atoms with E-state index < -0.39 is 0 Å². The molecule has 0 heterocycles. The zero-order chi connectivity index (χ0) is 15.3. The van der Waals surface area contributed by atoms with E-state index in [9.17, 15) is 14.3 Å². The van der Waals surface area contributed by atoms with Crippen LogP contribution < -0.4 is 0 Å². The second-order valence-corrected chi connectivity index (χ2v) is 8.87. The van der Waals surface area contributed by atoms with Gasteiger partial charge in [0.25, 0.3) is 0 Å². The molecule has 0 amide bonds. The molecule has 0 saturated heterocycles. The molecule has 5 aliphatic carbocycles. The Balaban J connectivity index is 1.54. The summed E-state index contributed by atoms with van der Waals surface area (Å²) < 4.78 is 14.3. The lowest BCUT2D eigenvalue weighted by atomic mass is 9.49. The van der Waals surface area contributed by atoms with Crippen molar-refractivity contribution < 1.29 is 14.3 Å². The quantitative estimate of drug-likeness (QED) is 0.739. The summed E-state index contributed by atoms with van der Waals surface area (Å²) in [5.74, 6) is 1.59. The predicted molar refractivity (Wildman–Crippen MR) is 80.6 cm³/mol. The SMILES string of the molecule is C[C@]12CC[C@H]3[C@@H](CCC4=C(F)C(=O)CC[C@@H]43)[C@@]13C[C@H]3C[C@H]2O. The van der Waals surface area contributed by atoms with E-state index in [2.05, 4.69) is 6.92 Å². The van der Waals surface area contributed by atoms with E-state index in [1.165, 1.54) is 6.42 Å². The molecule has 0 bridgehead atoms. The van der Waals surface area contributed by atoms with E-state index in [0.29, 0.717) is 35.5 Å². The fourth-order valence-corrected chi connectivity index (χ4v) is 7.45. The van der Waals surface area contributed by atoms with Crippen molar-refractivity contribution in [2.75, 3.05) is 0 Å². The van der Waals surface area contributed by atoms with Crippen LogP contribution >= 0.6 is 0 Å². The van der Waals surface area contributed by atoms with Gasteiger partial charge >= 0.3 is 0 Å². The molecule has 3 heteroatoms. The summed E-state index contributed by atoms with van der Waals surface area (Å²) in [5.41, 5.74) is 1.30. The van der Waals surface area contributed by atoms with Crippen molar-refractivity contribution in [1.29, 1.82) is 0 Å². The molecule has 0 radical (unpaired) electrons. The van der Waals surface area contributed by atoms with E-state index in [0.717, 1.165) is 44.1 Å². The van der Waals surface area contributed by atoms with Crippen molar-refractivity contribution in [3.8, 4) is 0 Å². The number of Topliss-reactive ketones (excluding diaryl/α,β-unsaturated/α-hetero) is 1. The molecule has 1 spiro atoms. The van der Waals surface area contributed by atoms with Crippen LogP contribution in [0.3, 0.4) is 0 Å². The number of aliphatic hydroxyl groups excluding tert-OH is 1. The third-order valence-electron chi connectivity index (χ3n) is 8.53. The summed E-state index contributed by atoms with van der Waals surface area (Å²) in [7, 11) is 0. The van der Waals surface area contributed by atoms with Crippen LogP contribution in [0.25, 0.3) is 0 Å². The van der Waals surface area contributed by atoms with Gasteiger partial charge in [-0.1, -0.05) is 6.92 Å². The largest absolute Gasteiger partial charge is 0.393 e. The molecule has 0 aromatic rings. The average molecular weight is 304 g/mol. The number of allylic oxidation sites excluding steroid dienone is 1. The lowest BCUT2D eigenvalue weighted by Crippen LogP contribution is -2.50. The number of aliphatic hydroxyl groups is 1. The number of ketones is 1. The van der Waals surface area contributed by atoms with Crippen molar-refractivity contribution in [3.05, 3.63) is 11.4 Å². The molecule has 2 nitrogen and oxygen atoms in total. The number of halogens is 1. The summed E-state index contributed by atoms with van der Waals surface area (Å²) in [6.45, 7) is 2.32. The van der Waals surface area contributed by atoms with E-state index >= 15 is 0 Å². The van der Waals surface area contributed by atoms with Crippen molar-refractivity contribution in [1.82, 2.24) is 0 Å². The van der Waals surface area contributed by atoms with Crippen molar-refractivity contribution in [3.63, 3.8) is 0 Å². The van der Waals surface area contributed by atoms with Crippen molar-refractivity contribution in [2.45, 2.75) is 64.4 Å². The average Bonchev–Trinajstić information content (AvgIpc) is 3.16. The Bertz CT molecular complexity index is 596. The molecule has 1 N–H and O–H groups in total. The van der Waals surface area contributed by atoms with Gasteiger partial charge in [-0.2, -0.15) is 0 Å². The van der Waals surface area contributed by atoms with Gasteiger partial charge in [0.1, 0.15) is 0 Å². The standard InChI is InChI=1S/C19H25FO2/c1-18-7-6-12-11-3-5-15(21)17(20)13(11)2-4-14(12)19(18)9-10(19)8-16(18)22/h10-12,14,16,22H,2-9H2,1H3/t10-,11-,12-,14-,16-,18-,19+/m1/s1. The van der Waals surface area contributed by atoms with Crippen LogP contribution in [0.5, 0.6) is 0 Å². The lowest BCUT2D eigenvalue weighted by Gasteiger charge is -2.55. The number of carbonyl (C=O) groups is 1. The van der Waals surface area contributed by atoms with Crippen LogP contribution in [0.15, 0.2) is 11.4 Å². The first-order valence-electron chi connectivity index (χ1n) is 9.09. The van der Waals surface area contributed by atoms with Crippen LogP contribution in [0.1, 0.15) is 58.3 Å². The fraction of sp³-hybridized carbons (Fsp3) is 0.842. The minimum Gasteiger partial charge on any atom is -0.393 e. The lowest BCUT2D eigenvalue weighted by molar-refractivity contribution is -0.119. The first-order valence-corrected chi connectivity index (χ1v) is 9.09. The van der Waals surface area contributed by atoms with Gasteiger partial charge in [0, 0.05) is 6.42 Å². The maximum absolute atomic E-state index is 14.3. The predicted octanol–water partition coefficient (Wildman–Crippen LogP) is 3.79. The monoisotopic (exact) mass is 304 g/mol. The van der Waals surface area contributed by atoms with Gasteiger partial charge in [-0.3, -0.25) is 4.79 Å². The van der Waals surface area contributed by atoms with E-state index in [1.807, 2.05) is 0 Å². The summed E-state index contributed by atoms with van der Waals surface area (Å²) in [4.78, 5) is 11.7. The number of rotatable bonds is 0. The molecule has 0 aliphatic heterocycles. The Morgan fingerprint density at radius 2 is 2.05 bits per heavy atom. The molecule has 4 fully saturated rings. The molecule has 0 aromatic heterocycles. The van der Waals surface area contributed by atoms with E-state index in [-0.39, 0.29) is 23.1 Å². The number of hydrogen-bond donors (Lipinski definition) is 1. The second-order valence-electron chi connectivity index (χ2n) is 8.87. The maximum atomic E-state index is 14.3. The molecule has 7 atom stereocenters. The van der Waals surface area contributed by atoms with Gasteiger partial charge in [-0.15, -0.1) is 0 Å². The topological polar surface area (TPSA) is 37.3 Å². The van der Waals surface area contributed by atoms with Gasteiger partial charge in [0.2, 0.25) is 0 Å². The van der Waals surface area contributed by atoms with Gasteiger partial charge in [0.05, 0.1) is 6.10 Å². The highest BCUT2D eigenvalue weighted by Crippen LogP contribution is 2.81. The first kappa shape index (κ1) is 13.7. The first-order chi connectivity index (χ1) is 10.5. The van der Waals surface area contributed by atoms with Gasteiger partial charge in [-0.25, -0.2) is 4.39 Å².